The second kappa shape index (κ2) is 7.78. The van der Waals surface area contributed by atoms with Gasteiger partial charge >= 0.3 is 5.69 Å². The molecule has 0 saturated heterocycles. The minimum atomic E-state index is -0.298. The van der Waals surface area contributed by atoms with Crippen LogP contribution in [0.15, 0.2) is 52.2 Å². The van der Waals surface area contributed by atoms with Crippen LogP contribution < -0.4 is 11.0 Å². The number of amides is 1. The van der Waals surface area contributed by atoms with Crippen LogP contribution in [-0.2, 0) is 17.9 Å². The van der Waals surface area contributed by atoms with E-state index in [0.29, 0.717) is 18.8 Å². The number of carbonyl (C=O) groups is 1. The van der Waals surface area contributed by atoms with Gasteiger partial charge in [0.1, 0.15) is 5.82 Å². The van der Waals surface area contributed by atoms with Gasteiger partial charge in [0, 0.05) is 23.7 Å². The average molecular weight is 373 g/mol. The first-order chi connectivity index (χ1) is 12.5. The number of aryl methyl sites for hydroxylation is 2. The fraction of sp³-hybridized carbons (Fsp3) is 0.263. The molecule has 0 aliphatic carbocycles. The normalized spacial score (nSPS) is 11.0. The number of nitrogens with one attached hydrogen (secondary N) is 1. The van der Waals surface area contributed by atoms with Crippen LogP contribution in [0.2, 0.25) is 0 Å². The number of nitrogens with zero attached hydrogens (tertiary/aromatic N) is 2. The Balaban J connectivity index is 1.75. The van der Waals surface area contributed by atoms with E-state index in [9.17, 15) is 14.0 Å². The first-order valence-corrected chi connectivity index (χ1v) is 9.43. The monoisotopic (exact) mass is 373 g/mol. The summed E-state index contributed by atoms with van der Waals surface area (Å²) in [4.78, 5) is 25.4. The van der Waals surface area contributed by atoms with Gasteiger partial charge < -0.3 is 5.32 Å². The standard InChI is InChI=1S/C19H20FN3O2S/c1-3-22-16-10-7-14(11-17(16)23(4-2)19(22)25)21-18(24)12-26-15-8-5-13(20)6-9-15/h5-11H,3-4,12H2,1-2H3,(H,21,24). The van der Waals surface area contributed by atoms with Crippen LogP contribution in [-0.4, -0.2) is 20.8 Å². The molecule has 1 amide bonds. The molecule has 26 heavy (non-hydrogen) atoms. The summed E-state index contributed by atoms with van der Waals surface area (Å²) >= 11 is 1.34. The van der Waals surface area contributed by atoms with Gasteiger partial charge in [-0.15, -0.1) is 11.8 Å². The molecule has 0 aliphatic heterocycles. The Labute approximate surface area is 154 Å². The highest BCUT2D eigenvalue weighted by molar-refractivity contribution is 8.00. The molecular formula is C19H20FN3O2S. The summed E-state index contributed by atoms with van der Waals surface area (Å²) in [5.74, 6) is -0.229. The smallest absolute Gasteiger partial charge is 0.325 e. The molecule has 1 N–H and O–H groups in total. The molecule has 0 atom stereocenters. The van der Waals surface area contributed by atoms with E-state index in [4.69, 9.17) is 0 Å². The molecule has 7 heteroatoms. The maximum absolute atomic E-state index is 12.9. The third kappa shape index (κ3) is 3.67. The van der Waals surface area contributed by atoms with Gasteiger partial charge in [-0.05, 0) is 56.3 Å². The topological polar surface area (TPSA) is 56.0 Å². The molecule has 1 heterocycles. The van der Waals surface area contributed by atoms with Crippen LogP contribution in [0.4, 0.5) is 10.1 Å². The van der Waals surface area contributed by atoms with E-state index in [-0.39, 0.29) is 23.2 Å². The van der Waals surface area contributed by atoms with Crippen LogP contribution in [0, 0.1) is 5.82 Å². The molecule has 3 aromatic rings. The number of hydrogen-bond acceptors (Lipinski definition) is 3. The molecule has 3 rings (SSSR count). The number of hydrogen-bond donors (Lipinski definition) is 1. The highest BCUT2D eigenvalue weighted by atomic mass is 32.2. The Morgan fingerprint density at radius 2 is 1.69 bits per heavy atom. The third-order valence-corrected chi connectivity index (χ3v) is 5.13. The van der Waals surface area contributed by atoms with Gasteiger partial charge in [0.15, 0.2) is 0 Å². The number of rotatable bonds is 6. The molecule has 0 spiro atoms. The lowest BCUT2D eigenvalue weighted by Crippen LogP contribution is -2.23. The quantitative estimate of drug-likeness (QED) is 0.670. The second-order valence-electron chi connectivity index (χ2n) is 5.77. The molecule has 1 aromatic heterocycles. The second-order valence-corrected chi connectivity index (χ2v) is 6.81. The van der Waals surface area contributed by atoms with E-state index in [0.717, 1.165) is 15.9 Å². The fourth-order valence-electron chi connectivity index (χ4n) is 2.89. The number of fused-ring (bicyclic) bond motifs is 1. The van der Waals surface area contributed by atoms with Gasteiger partial charge in [-0.25, -0.2) is 9.18 Å². The predicted octanol–water partition coefficient (Wildman–Crippen LogP) is 3.71. The van der Waals surface area contributed by atoms with Gasteiger partial charge in [0.05, 0.1) is 16.8 Å². The Morgan fingerprint density at radius 1 is 1.04 bits per heavy atom. The molecular weight excluding hydrogens is 353 g/mol. The summed E-state index contributed by atoms with van der Waals surface area (Å²) in [6, 6.07) is 11.5. The van der Waals surface area contributed by atoms with Crippen molar-refractivity contribution in [3.05, 3.63) is 58.8 Å². The highest BCUT2D eigenvalue weighted by Gasteiger charge is 2.12. The maximum atomic E-state index is 12.9. The summed E-state index contributed by atoms with van der Waals surface area (Å²) in [5.41, 5.74) is 2.28. The Bertz CT molecular complexity index is 992. The lowest BCUT2D eigenvalue weighted by molar-refractivity contribution is -0.113. The molecule has 2 aromatic carbocycles. The summed E-state index contributed by atoms with van der Waals surface area (Å²) < 4.78 is 16.3. The predicted molar refractivity (Wildman–Crippen MR) is 103 cm³/mol. The van der Waals surface area contributed by atoms with Crippen molar-refractivity contribution < 1.29 is 9.18 Å². The largest absolute Gasteiger partial charge is 0.329 e. The average Bonchev–Trinajstić information content (AvgIpc) is 2.91. The van der Waals surface area contributed by atoms with Crippen molar-refractivity contribution in [2.75, 3.05) is 11.1 Å². The van der Waals surface area contributed by atoms with Crippen molar-refractivity contribution in [1.82, 2.24) is 9.13 Å². The number of aromatic nitrogens is 2. The number of thioether (sulfide) groups is 1. The van der Waals surface area contributed by atoms with Crippen molar-refractivity contribution in [1.29, 1.82) is 0 Å². The van der Waals surface area contributed by atoms with Crippen LogP contribution in [0.25, 0.3) is 11.0 Å². The molecule has 0 bridgehead atoms. The van der Waals surface area contributed by atoms with E-state index < -0.39 is 0 Å². The zero-order valence-corrected chi connectivity index (χ0v) is 15.5. The van der Waals surface area contributed by atoms with E-state index in [1.165, 1.54) is 23.9 Å². The van der Waals surface area contributed by atoms with Crippen molar-refractivity contribution in [2.24, 2.45) is 0 Å². The van der Waals surface area contributed by atoms with E-state index >= 15 is 0 Å². The number of carbonyl (C=O) groups excluding carboxylic acids is 1. The highest BCUT2D eigenvalue weighted by Crippen LogP contribution is 2.21. The molecule has 0 radical (unpaired) electrons. The summed E-state index contributed by atoms with van der Waals surface area (Å²) in [5, 5.41) is 2.86. The lowest BCUT2D eigenvalue weighted by atomic mass is 10.2. The minimum Gasteiger partial charge on any atom is -0.325 e. The van der Waals surface area contributed by atoms with Crippen LogP contribution >= 0.6 is 11.8 Å². The van der Waals surface area contributed by atoms with Crippen molar-refractivity contribution in [3.8, 4) is 0 Å². The van der Waals surface area contributed by atoms with Crippen LogP contribution in [0.1, 0.15) is 13.8 Å². The van der Waals surface area contributed by atoms with Crippen LogP contribution in [0.5, 0.6) is 0 Å². The number of benzene rings is 2. The van der Waals surface area contributed by atoms with Crippen molar-refractivity contribution in [2.45, 2.75) is 31.8 Å². The zero-order valence-electron chi connectivity index (χ0n) is 14.7. The fourth-order valence-corrected chi connectivity index (χ4v) is 3.58. The maximum Gasteiger partial charge on any atom is 0.329 e. The van der Waals surface area contributed by atoms with Crippen molar-refractivity contribution in [3.63, 3.8) is 0 Å². The first-order valence-electron chi connectivity index (χ1n) is 8.44. The van der Waals surface area contributed by atoms with Gasteiger partial charge in [-0.2, -0.15) is 0 Å². The van der Waals surface area contributed by atoms with Gasteiger partial charge in [-0.1, -0.05) is 0 Å². The molecule has 0 saturated carbocycles. The van der Waals surface area contributed by atoms with Gasteiger partial charge in [0.2, 0.25) is 5.91 Å². The number of anilines is 1. The van der Waals surface area contributed by atoms with Gasteiger partial charge in [0.25, 0.3) is 0 Å². The minimum absolute atomic E-state index is 0.0414. The molecule has 136 valence electrons. The molecule has 0 fully saturated rings. The van der Waals surface area contributed by atoms with E-state index in [2.05, 4.69) is 5.32 Å². The molecule has 5 nitrogen and oxygen atoms in total. The van der Waals surface area contributed by atoms with Crippen molar-refractivity contribution >= 4 is 34.4 Å². The van der Waals surface area contributed by atoms with Gasteiger partial charge in [-0.3, -0.25) is 13.9 Å². The van der Waals surface area contributed by atoms with Crippen LogP contribution in [0.3, 0.4) is 0 Å². The summed E-state index contributed by atoms with van der Waals surface area (Å²) in [6.45, 7) is 5.02. The third-order valence-electron chi connectivity index (χ3n) is 4.12. The first kappa shape index (κ1) is 18.3. The van der Waals surface area contributed by atoms with E-state index in [1.54, 1.807) is 27.3 Å². The number of halogens is 1. The van der Waals surface area contributed by atoms with E-state index in [1.807, 2.05) is 26.0 Å². The number of imidazole rings is 1. The lowest BCUT2D eigenvalue weighted by Gasteiger charge is -2.07. The zero-order chi connectivity index (χ0) is 18.7. The summed E-state index contributed by atoms with van der Waals surface area (Å²) in [6.07, 6.45) is 0. The molecule has 0 unspecified atom stereocenters. The Morgan fingerprint density at radius 3 is 2.35 bits per heavy atom. The Kier molecular flexibility index (Phi) is 5.46. The molecule has 0 aliphatic rings. The Hall–Kier alpha value is -2.54. The SMILES string of the molecule is CCn1c(=O)n(CC)c2cc(NC(=O)CSc3ccc(F)cc3)ccc21. The summed E-state index contributed by atoms with van der Waals surface area (Å²) in [7, 11) is 0.